The van der Waals surface area contributed by atoms with Crippen LogP contribution in [0.25, 0.3) is 0 Å². The Morgan fingerprint density at radius 3 is 2.06 bits per heavy atom. The van der Waals surface area contributed by atoms with Crippen LogP contribution in [0.3, 0.4) is 0 Å². The molecule has 164 valence electrons. The van der Waals surface area contributed by atoms with Gasteiger partial charge in [0.2, 0.25) is 11.8 Å². The Bertz CT molecular complexity index is 1050. The molecule has 0 saturated heterocycles. The van der Waals surface area contributed by atoms with E-state index >= 15 is 0 Å². The van der Waals surface area contributed by atoms with Gasteiger partial charge in [-0.2, -0.15) is 0 Å². The Kier molecular flexibility index (Phi) is 7.75. The SMILES string of the molecule is Cc1ccc(N(C)C(=O)[C@H](Cc2ccccc2)NC(=O)CNC(=O)c2ccccc2)cc1. The summed E-state index contributed by atoms with van der Waals surface area (Å²) in [4.78, 5) is 39.6. The Morgan fingerprint density at radius 1 is 0.844 bits per heavy atom. The fourth-order valence-corrected chi connectivity index (χ4v) is 3.28. The summed E-state index contributed by atoms with van der Waals surface area (Å²) < 4.78 is 0. The lowest BCUT2D eigenvalue weighted by Gasteiger charge is -2.25. The number of nitrogens with one attached hydrogen (secondary N) is 2. The molecule has 3 rings (SSSR count). The average molecular weight is 430 g/mol. The lowest BCUT2D eigenvalue weighted by Crippen LogP contribution is -2.51. The molecule has 0 saturated carbocycles. The van der Waals surface area contributed by atoms with Crippen molar-refractivity contribution in [1.29, 1.82) is 0 Å². The highest BCUT2D eigenvalue weighted by Crippen LogP contribution is 2.16. The van der Waals surface area contributed by atoms with Gasteiger partial charge >= 0.3 is 0 Å². The Balaban J connectivity index is 1.69. The molecule has 2 N–H and O–H groups in total. The van der Waals surface area contributed by atoms with Crippen LogP contribution in [0, 0.1) is 6.92 Å². The van der Waals surface area contributed by atoms with Gasteiger partial charge in [-0.15, -0.1) is 0 Å². The van der Waals surface area contributed by atoms with Crippen LogP contribution in [0.4, 0.5) is 5.69 Å². The maximum absolute atomic E-state index is 13.3. The van der Waals surface area contributed by atoms with Gasteiger partial charge < -0.3 is 15.5 Å². The maximum atomic E-state index is 13.3. The first-order valence-corrected chi connectivity index (χ1v) is 10.4. The molecule has 1 atom stereocenters. The molecule has 0 fully saturated rings. The zero-order chi connectivity index (χ0) is 22.9. The Morgan fingerprint density at radius 2 is 1.44 bits per heavy atom. The van der Waals surface area contributed by atoms with Gasteiger partial charge in [0.1, 0.15) is 6.04 Å². The summed E-state index contributed by atoms with van der Waals surface area (Å²) in [7, 11) is 1.69. The first-order chi connectivity index (χ1) is 15.4. The predicted molar refractivity (Wildman–Crippen MR) is 125 cm³/mol. The molecule has 0 aliphatic heterocycles. The van der Waals surface area contributed by atoms with E-state index in [2.05, 4.69) is 10.6 Å². The molecule has 6 heteroatoms. The number of hydrogen-bond acceptors (Lipinski definition) is 3. The number of carbonyl (C=O) groups is 3. The highest BCUT2D eigenvalue weighted by Gasteiger charge is 2.25. The molecule has 32 heavy (non-hydrogen) atoms. The van der Waals surface area contributed by atoms with Crippen molar-refractivity contribution in [3.63, 3.8) is 0 Å². The van der Waals surface area contributed by atoms with E-state index in [-0.39, 0.29) is 18.4 Å². The Labute approximate surface area is 188 Å². The van der Waals surface area contributed by atoms with Crippen LogP contribution < -0.4 is 15.5 Å². The van der Waals surface area contributed by atoms with Crippen LogP contribution in [0.15, 0.2) is 84.9 Å². The summed E-state index contributed by atoms with van der Waals surface area (Å²) in [6, 6.07) is 25.0. The van der Waals surface area contributed by atoms with Crippen molar-refractivity contribution in [1.82, 2.24) is 10.6 Å². The van der Waals surface area contributed by atoms with Gasteiger partial charge in [-0.3, -0.25) is 14.4 Å². The summed E-state index contributed by atoms with van der Waals surface area (Å²) in [5.41, 5.74) is 3.23. The van der Waals surface area contributed by atoms with E-state index in [0.717, 1.165) is 16.8 Å². The van der Waals surface area contributed by atoms with Crippen LogP contribution in [-0.4, -0.2) is 37.4 Å². The van der Waals surface area contributed by atoms with Crippen LogP contribution in [0.1, 0.15) is 21.5 Å². The molecule has 0 radical (unpaired) electrons. The van der Waals surface area contributed by atoms with Crippen LogP contribution >= 0.6 is 0 Å². The number of benzene rings is 3. The molecule has 6 nitrogen and oxygen atoms in total. The summed E-state index contributed by atoms with van der Waals surface area (Å²) in [6.07, 6.45) is 0.342. The van der Waals surface area contributed by atoms with Crippen LogP contribution in [0.2, 0.25) is 0 Å². The fraction of sp³-hybridized carbons (Fsp3) is 0.192. The number of aryl methyl sites for hydroxylation is 1. The van der Waals surface area contributed by atoms with Gasteiger partial charge in [-0.05, 0) is 36.8 Å². The van der Waals surface area contributed by atoms with E-state index in [1.54, 1.807) is 31.3 Å². The van der Waals surface area contributed by atoms with E-state index < -0.39 is 11.9 Å². The lowest BCUT2D eigenvalue weighted by atomic mass is 10.0. The largest absolute Gasteiger partial charge is 0.343 e. The zero-order valence-electron chi connectivity index (χ0n) is 18.2. The van der Waals surface area contributed by atoms with E-state index in [4.69, 9.17) is 0 Å². The van der Waals surface area contributed by atoms with Gasteiger partial charge in [0.25, 0.3) is 5.91 Å². The van der Waals surface area contributed by atoms with E-state index in [9.17, 15) is 14.4 Å². The van der Waals surface area contributed by atoms with Crippen LogP contribution in [-0.2, 0) is 16.0 Å². The molecule has 3 amide bonds. The van der Waals surface area contributed by atoms with Gasteiger partial charge in [-0.25, -0.2) is 0 Å². The van der Waals surface area contributed by atoms with E-state index in [1.807, 2.05) is 67.6 Å². The number of amides is 3. The second kappa shape index (κ2) is 10.9. The van der Waals surface area contributed by atoms with E-state index in [1.165, 1.54) is 4.90 Å². The summed E-state index contributed by atoms with van der Waals surface area (Å²) >= 11 is 0. The Hall–Kier alpha value is -3.93. The molecule has 0 aliphatic rings. The topological polar surface area (TPSA) is 78.5 Å². The number of rotatable bonds is 8. The van der Waals surface area contributed by atoms with Gasteiger partial charge in [0, 0.05) is 24.7 Å². The third-order valence-electron chi connectivity index (χ3n) is 5.11. The smallest absolute Gasteiger partial charge is 0.251 e. The predicted octanol–water partition coefficient (Wildman–Crippen LogP) is 3.12. The molecular weight excluding hydrogens is 402 g/mol. The minimum atomic E-state index is -0.773. The third-order valence-corrected chi connectivity index (χ3v) is 5.11. The van der Waals surface area contributed by atoms with Crippen LogP contribution in [0.5, 0.6) is 0 Å². The minimum absolute atomic E-state index is 0.222. The van der Waals surface area contributed by atoms with Crippen molar-refractivity contribution in [2.75, 3.05) is 18.5 Å². The molecule has 3 aromatic carbocycles. The molecule has 0 heterocycles. The first-order valence-electron chi connectivity index (χ1n) is 10.4. The van der Waals surface area contributed by atoms with Gasteiger partial charge in [0.05, 0.1) is 6.54 Å². The molecule has 3 aromatic rings. The monoisotopic (exact) mass is 429 g/mol. The molecule has 0 spiro atoms. The number of nitrogens with zero attached hydrogens (tertiary/aromatic N) is 1. The average Bonchev–Trinajstić information content (AvgIpc) is 2.83. The number of carbonyl (C=O) groups excluding carboxylic acids is 3. The van der Waals surface area contributed by atoms with Crippen molar-refractivity contribution in [2.24, 2.45) is 0 Å². The molecule has 0 bridgehead atoms. The highest BCUT2D eigenvalue weighted by atomic mass is 16.2. The van der Waals surface area contributed by atoms with Crippen molar-refractivity contribution in [2.45, 2.75) is 19.4 Å². The summed E-state index contributed by atoms with van der Waals surface area (Å²) in [5.74, 6) is -1.01. The van der Waals surface area contributed by atoms with Crippen molar-refractivity contribution >= 4 is 23.4 Å². The number of anilines is 1. The van der Waals surface area contributed by atoms with Crippen molar-refractivity contribution in [3.8, 4) is 0 Å². The zero-order valence-corrected chi connectivity index (χ0v) is 18.2. The molecule has 0 aliphatic carbocycles. The lowest BCUT2D eigenvalue weighted by molar-refractivity contribution is -0.126. The highest BCUT2D eigenvalue weighted by molar-refractivity contribution is 6.00. The standard InChI is InChI=1S/C26H27N3O3/c1-19-13-15-22(16-14-19)29(2)26(32)23(17-20-9-5-3-6-10-20)28-24(30)18-27-25(31)21-11-7-4-8-12-21/h3-16,23H,17-18H2,1-2H3,(H,27,31)(H,28,30)/t23-/m0/s1. The van der Waals surface area contributed by atoms with E-state index in [0.29, 0.717) is 12.0 Å². The third kappa shape index (κ3) is 6.28. The quantitative estimate of drug-likeness (QED) is 0.578. The summed E-state index contributed by atoms with van der Waals surface area (Å²) in [6.45, 7) is 1.76. The minimum Gasteiger partial charge on any atom is -0.343 e. The van der Waals surface area contributed by atoms with Crippen molar-refractivity contribution < 1.29 is 14.4 Å². The van der Waals surface area contributed by atoms with Crippen molar-refractivity contribution in [3.05, 3.63) is 102 Å². The fourth-order valence-electron chi connectivity index (χ4n) is 3.28. The van der Waals surface area contributed by atoms with Gasteiger partial charge in [0.15, 0.2) is 0 Å². The maximum Gasteiger partial charge on any atom is 0.251 e. The second-order valence-electron chi connectivity index (χ2n) is 7.59. The summed E-state index contributed by atoms with van der Waals surface area (Å²) in [5, 5.41) is 5.39. The first kappa shape index (κ1) is 22.7. The normalized spacial score (nSPS) is 11.3. The molecular formula is C26H27N3O3. The second-order valence-corrected chi connectivity index (χ2v) is 7.59. The van der Waals surface area contributed by atoms with Gasteiger partial charge in [-0.1, -0.05) is 66.2 Å². The number of likely N-dealkylation sites (N-methyl/N-ethyl adjacent to an activating group) is 1. The molecule has 0 aromatic heterocycles. The number of hydrogen-bond donors (Lipinski definition) is 2. The molecule has 0 unspecified atom stereocenters.